The van der Waals surface area contributed by atoms with E-state index >= 15 is 0 Å². The fraction of sp³-hybridized carbons (Fsp3) is 0.529. The highest BCUT2D eigenvalue weighted by Gasteiger charge is 2.34. The molecule has 3 nitrogen and oxygen atoms in total. The van der Waals surface area contributed by atoms with Crippen molar-refractivity contribution in [2.24, 2.45) is 0 Å². The van der Waals surface area contributed by atoms with Gasteiger partial charge in [-0.05, 0) is 57.4 Å². The average Bonchev–Trinajstić information content (AvgIpc) is 2.89. The van der Waals surface area contributed by atoms with Gasteiger partial charge in [0.1, 0.15) is 5.82 Å². The molecule has 0 radical (unpaired) electrons. The number of hydrogen-bond acceptors (Lipinski definition) is 2. The number of anilines is 1. The second kappa shape index (κ2) is 4.01. The zero-order valence-electron chi connectivity index (χ0n) is 12.6. The Kier molecular flexibility index (Phi) is 2.46. The van der Waals surface area contributed by atoms with Gasteiger partial charge in [-0.1, -0.05) is 6.07 Å². The number of aromatic amines is 1. The van der Waals surface area contributed by atoms with E-state index in [1.54, 1.807) is 5.56 Å². The fourth-order valence-electron chi connectivity index (χ4n) is 3.79. The van der Waals surface area contributed by atoms with Gasteiger partial charge in [0.2, 0.25) is 0 Å². The molecule has 2 aromatic rings. The maximum atomic E-state index is 3.65. The summed E-state index contributed by atoms with van der Waals surface area (Å²) < 4.78 is 0. The van der Waals surface area contributed by atoms with Crippen LogP contribution >= 0.6 is 0 Å². The number of nitrogens with one attached hydrogen (secondary N) is 2. The van der Waals surface area contributed by atoms with E-state index in [9.17, 15) is 0 Å². The minimum absolute atomic E-state index is 0.0201. The van der Waals surface area contributed by atoms with Crippen molar-refractivity contribution in [2.75, 3.05) is 25.0 Å². The van der Waals surface area contributed by atoms with Gasteiger partial charge >= 0.3 is 0 Å². The summed E-state index contributed by atoms with van der Waals surface area (Å²) in [4.78, 5) is 6.18. The molecule has 1 aromatic carbocycles. The number of H-pyrrole nitrogens is 1. The predicted octanol–water partition coefficient (Wildman–Crippen LogP) is 3.32. The van der Waals surface area contributed by atoms with E-state index in [1.807, 2.05) is 7.05 Å². The summed E-state index contributed by atoms with van der Waals surface area (Å²) in [6, 6.07) is 6.89. The van der Waals surface area contributed by atoms with Gasteiger partial charge in [0.05, 0.1) is 0 Å². The Morgan fingerprint density at radius 1 is 1.25 bits per heavy atom. The second-order valence-corrected chi connectivity index (χ2v) is 6.78. The normalized spacial score (nSPS) is 18.9. The van der Waals surface area contributed by atoms with Gasteiger partial charge in [-0.3, -0.25) is 0 Å². The highest BCUT2D eigenvalue weighted by Crippen LogP contribution is 2.46. The first kappa shape index (κ1) is 12.3. The SMILES string of the molecule is CNC(C)(C)c1ccc2[nH]c3c(c2c1)C1CCN3CC1. The molecule has 0 aliphatic carbocycles. The summed E-state index contributed by atoms with van der Waals surface area (Å²) in [7, 11) is 2.03. The lowest BCUT2D eigenvalue weighted by atomic mass is 9.83. The number of piperidine rings is 1. The minimum Gasteiger partial charge on any atom is -0.358 e. The molecule has 20 heavy (non-hydrogen) atoms. The number of benzene rings is 1. The van der Waals surface area contributed by atoms with Crippen LogP contribution < -0.4 is 10.2 Å². The quantitative estimate of drug-likeness (QED) is 0.876. The topological polar surface area (TPSA) is 31.1 Å². The Balaban J connectivity index is 1.93. The van der Waals surface area contributed by atoms with E-state index in [-0.39, 0.29) is 5.54 Å². The Bertz CT molecular complexity index is 660. The zero-order chi connectivity index (χ0) is 13.9. The molecule has 2 N–H and O–H groups in total. The molecule has 0 spiro atoms. The molecule has 106 valence electrons. The van der Waals surface area contributed by atoms with E-state index in [2.05, 4.69) is 47.2 Å². The molecular weight excluding hydrogens is 246 g/mol. The Hall–Kier alpha value is -1.48. The molecule has 0 atom stereocenters. The summed E-state index contributed by atoms with van der Waals surface area (Å²) in [6.45, 7) is 6.92. The molecule has 1 aromatic heterocycles. The molecule has 1 fully saturated rings. The predicted molar refractivity (Wildman–Crippen MR) is 84.6 cm³/mol. The maximum Gasteiger partial charge on any atom is 0.110 e. The summed E-state index contributed by atoms with van der Waals surface area (Å²) >= 11 is 0. The standard InChI is InChI=1S/C17H23N3/c1-17(2,18-3)12-4-5-14-13(10-12)15-11-6-8-20(9-7-11)16(15)19-14/h4-5,10-11,18-19H,6-9H2,1-3H3. The Morgan fingerprint density at radius 2 is 2.00 bits per heavy atom. The van der Waals surface area contributed by atoms with Crippen LogP contribution in [0.5, 0.6) is 0 Å². The van der Waals surface area contributed by atoms with Crippen LogP contribution in [0.15, 0.2) is 18.2 Å². The molecule has 0 amide bonds. The van der Waals surface area contributed by atoms with E-state index in [0.29, 0.717) is 0 Å². The van der Waals surface area contributed by atoms with E-state index in [4.69, 9.17) is 0 Å². The number of nitrogens with zero attached hydrogens (tertiary/aromatic N) is 1. The van der Waals surface area contributed by atoms with Gasteiger partial charge < -0.3 is 15.2 Å². The van der Waals surface area contributed by atoms with E-state index in [1.165, 1.54) is 48.2 Å². The van der Waals surface area contributed by atoms with Crippen molar-refractivity contribution in [3.8, 4) is 0 Å². The largest absolute Gasteiger partial charge is 0.358 e. The molecule has 3 aliphatic heterocycles. The molecule has 0 saturated carbocycles. The van der Waals surface area contributed by atoms with Crippen LogP contribution in [0.25, 0.3) is 10.9 Å². The van der Waals surface area contributed by atoms with Gasteiger partial charge in [0.15, 0.2) is 0 Å². The van der Waals surface area contributed by atoms with Crippen molar-refractivity contribution < 1.29 is 0 Å². The Labute approximate surface area is 120 Å². The smallest absolute Gasteiger partial charge is 0.110 e. The number of aromatic nitrogens is 1. The van der Waals surface area contributed by atoms with Crippen molar-refractivity contribution in [1.82, 2.24) is 10.3 Å². The monoisotopic (exact) mass is 269 g/mol. The number of fused-ring (bicyclic) bond motifs is 3. The highest BCUT2D eigenvalue weighted by atomic mass is 15.2. The molecule has 3 heteroatoms. The highest BCUT2D eigenvalue weighted by molar-refractivity contribution is 5.91. The van der Waals surface area contributed by atoms with Crippen molar-refractivity contribution in [2.45, 2.75) is 38.1 Å². The summed E-state index contributed by atoms with van der Waals surface area (Å²) in [6.07, 6.45) is 2.64. The summed E-state index contributed by atoms with van der Waals surface area (Å²) in [5.74, 6) is 2.15. The van der Waals surface area contributed by atoms with Crippen molar-refractivity contribution in [3.05, 3.63) is 29.3 Å². The fourth-order valence-corrected chi connectivity index (χ4v) is 3.79. The van der Waals surface area contributed by atoms with Crippen molar-refractivity contribution >= 4 is 16.7 Å². The third-order valence-corrected chi connectivity index (χ3v) is 5.38. The second-order valence-electron chi connectivity index (χ2n) is 6.78. The van der Waals surface area contributed by atoms with Crippen LogP contribution in [0.3, 0.4) is 0 Å². The summed E-state index contributed by atoms with van der Waals surface area (Å²) in [5.41, 5.74) is 4.26. The summed E-state index contributed by atoms with van der Waals surface area (Å²) in [5, 5.41) is 4.85. The van der Waals surface area contributed by atoms with Gasteiger partial charge in [0.25, 0.3) is 0 Å². The molecule has 0 unspecified atom stereocenters. The lowest BCUT2D eigenvalue weighted by molar-refractivity contribution is 0.445. The Morgan fingerprint density at radius 3 is 2.70 bits per heavy atom. The van der Waals surface area contributed by atoms with Crippen LogP contribution in [0.1, 0.15) is 43.7 Å². The molecule has 1 saturated heterocycles. The maximum absolute atomic E-state index is 3.65. The molecule has 4 heterocycles. The van der Waals surface area contributed by atoms with E-state index < -0.39 is 0 Å². The van der Waals surface area contributed by atoms with Gasteiger partial charge in [-0.15, -0.1) is 0 Å². The lowest BCUT2D eigenvalue weighted by Gasteiger charge is -2.40. The molecule has 5 rings (SSSR count). The van der Waals surface area contributed by atoms with E-state index in [0.717, 1.165) is 5.92 Å². The van der Waals surface area contributed by atoms with Crippen LogP contribution in [-0.4, -0.2) is 25.1 Å². The van der Waals surface area contributed by atoms with Gasteiger partial charge in [-0.25, -0.2) is 0 Å². The third-order valence-electron chi connectivity index (χ3n) is 5.38. The first-order valence-electron chi connectivity index (χ1n) is 7.70. The van der Waals surface area contributed by atoms with Crippen LogP contribution in [0, 0.1) is 0 Å². The third kappa shape index (κ3) is 1.56. The lowest BCUT2D eigenvalue weighted by Crippen LogP contribution is -2.38. The molecule has 2 bridgehead atoms. The van der Waals surface area contributed by atoms with Crippen LogP contribution in [0.4, 0.5) is 5.82 Å². The zero-order valence-corrected chi connectivity index (χ0v) is 12.6. The van der Waals surface area contributed by atoms with Crippen LogP contribution in [-0.2, 0) is 5.54 Å². The molecular formula is C17H23N3. The number of hydrogen-bond donors (Lipinski definition) is 2. The average molecular weight is 269 g/mol. The van der Waals surface area contributed by atoms with Crippen molar-refractivity contribution in [1.29, 1.82) is 0 Å². The minimum atomic E-state index is 0.0201. The first-order chi connectivity index (χ1) is 9.60. The van der Waals surface area contributed by atoms with Gasteiger partial charge in [0, 0.05) is 35.1 Å². The first-order valence-corrected chi connectivity index (χ1v) is 7.70. The molecule has 3 aliphatic rings. The van der Waals surface area contributed by atoms with Gasteiger partial charge in [-0.2, -0.15) is 0 Å². The number of rotatable bonds is 2. The van der Waals surface area contributed by atoms with Crippen molar-refractivity contribution in [3.63, 3.8) is 0 Å². The van der Waals surface area contributed by atoms with Crippen LogP contribution in [0.2, 0.25) is 0 Å².